The average molecular weight is 255 g/mol. The molecule has 1 nitrogen and oxygen atoms in total. The lowest BCUT2D eigenvalue weighted by molar-refractivity contribution is 0.133. The van der Waals surface area contributed by atoms with Gasteiger partial charge < -0.3 is 4.43 Å². The van der Waals surface area contributed by atoms with Crippen LogP contribution in [0.15, 0.2) is 60.7 Å². The zero-order valence-corrected chi connectivity index (χ0v) is 12.2. The zero-order chi connectivity index (χ0) is 13.0. The maximum atomic E-state index is 6.31. The molecule has 0 amide bonds. The van der Waals surface area contributed by atoms with Gasteiger partial charge in [-0.3, -0.25) is 0 Å². The first-order valence-corrected chi connectivity index (χ1v) is 8.64. The predicted octanol–water partition coefficient (Wildman–Crippen LogP) is 4.22. The van der Waals surface area contributed by atoms with E-state index in [4.69, 9.17) is 4.43 Å². The van der Waals surface area contributed by atoms with Gasteiger partial charge in [0, 0.05) is 0 Å². The fraction of sp³-hybridized carbons (Fsp3) is 0.250. The predicted molar refractivity (Wildman–Crippen MR) is 77.9 cm³/mol. The third-order valence-electron chi connectivity index (χ3n) is 3.06. The van der Waals surface area contributed by atoms with Crippen molar-refractivity contribution in [2.45, 2.75) is 25.6 Å². The van der Waals surface area contributed by atoms with E-state index in [0.29, 0.717) is 0 Å². The first-order valence-electron chi connectivity index (χ1n) is 6.23. The molecule has 2 aromatic carbocycles. The monoisotopic (exact) mass is 255 g/mol. The molecule has 0 aliphatic carbocycles. The third kappa shape index (κ3) is 2.71. The van der Waals surface area contributed by atoms with E-state index in [0.717, 1.165) is 0 Å². The van der Waals surface area contributed by atoms with Gasteiger partial charge in [0.2, 0.25) is 9.04 Å². The maximum Gasteiger partial charge on any atom is 0.206 e. The Kier molecular flexibility index (Phi) is 3.99. The van der Waals surface area contributed by atoms with E-state index in [-0.39, 0.29) is 5.60 Å². The van der Waals surface area contributed by atoms with Crippen LogP contribution in [0.5, 0.6) is 0 Å². The van der Waals surface area contributed by atoms with E-state index < -0.39 is 9.04 Å². The summed E-state index contributed by atoms with van der Waals surface area (Å²) in [5.74, 6) is 0. The molecule has 1 radical (unpaired) electrons. The number of hydrogen-bond acceptors (Lipinski definition) is 1. The lowest BCUT2D eigenvalue weighted by atomic mass is 9.88. The second-order valence-corrected chi connectivity index (χ2v) is 6.80. The van der Waals surface area contributed by atoms with Gasteiger partial charge in [0.15, 0.2) is 0 Å². The zero-order valence-electron chi connectivity index (χ0n) is 11.2. The molecule has 2 rings (SSSR count). The van der Waals surface area contributed by atoms with E-state index in [1.165, 1.54) is 11.1 Å². The lowest BCUT2D eigenvalue weighted by Gasteiger charge is -2.33. The highest BCUT2D eigenvalue weighted by molar-refractivity contribution is 6.48. The van der Waals surface area contributed by atoms with Crippen LogP contribution in [0.1, 0.15) is 18.1 Å². The summed E-state index contributed by atoms with van der Waals surface area (Å²) in [5.41, 5.74) is 2.07. The molecule has 0 N–H and O–H groups in total. The Bertz CT molecular complexity index is 439. The minimum atomic E-state index is -0.785. The van der Waals surface area contributed by atoms with Crippen LogP contribution >= 0.6 is 0 Å². The van der Waals surface area contributed by atoms with Gasteiger partial charge in [-0.1, -0.05) is 60.7 Å². The van der Waals surface area contributed by atoms with Crippen molar-refractivity contribution >= 4 is 9.04 Å². The highest BCUT2D eigenvalue weighted by atomic mass is 28.3. The summed E-state index contributed by atoms with van der Waals surface area (Å²) < 4.78 is 6.31. The summed E-state index contributed by atoms with van der Waals surface area (Å²) in [6.45, 7) is 6.51. The summed E-state index contributed by atoms with van der Waals surface area (Å²) in [7, 11) is -0.785. The number of rotatable bonds is 4. The van der Waals surface area contributed by atoms with E-state index in [1.807, 2.05) is 12.1 Å². The Morgan fingerprint density at radius 2 is 1.17 bits per heavy atom. The van der Waals surface area contributed by atoms with Crippen LogP contribution in [-0.4, -0.2) is 9.04 Å². The first-order chi connectivity index (χ1) is 8.63. The van der Waals surface area contributed by atoms with Crippen LogP contribution in [0.3, 0.4) is 0 Å². The standard InChI is InChI=1S/C16H19OSi/c1-16(17-18(2)3,14-10-6-4-7-11-14)15-12-8-5-9-13-15/h4-13H,1-3H3. The van der Waals surface area contributed by atoms with Gasteiger partial charge >= 0.3 is 0 Å². The van der Waals surface area contributed by atoms with Crippen LogP contribution in [0, 0.1) is 0 Å². The van der Waals surface area contributed by atoms with E-state index in [9.17, 15) is 0 Å². The summed E-state index contributed by atoms with van der Waals surface area (Å²) in [5, 5.41) is 0. The van der Waals surface area contributed by atoms with Gasteiger partial charge in [0.25, 0.3) is 0 Å². The Labute approximate surface area is 111 Å². The molecule has 2 heteroatoms. The first kappa shape index (κ1) is 13.1. The smallest absolute Gasteiger partial charge is 0.206 e. The Balaban J connectivity index is 2.48. The van der Waals surface area contributed by atoms with Gasteiger partial charge in [-0.15, -0.1) is 0 Å². The minimum Gasteiger partial charge on any atom is -0.404 e. The summed E-state index contributed by atoms with van der Waals surface area (Å²) in [4.78, 5) is 0. The van der Waals surface area contributed by atoms with Crippen LogP contribution in [0.25, 0.3) is 0 Å². The fourth-order valence-corrected chi connectivity index (χ4v) is 3.26. The van der Waals surface area contributed by atoms with Crippen molar-refractivity contribution in [2.75, 3.05) is 0 Å². The molecule has 0 bridgehead atoms. The number of benzene rings is 2. The molecule has 0 atom stereocenters. The van der Waals surface area contributed by atoms with Crippen LogP contribution in [0.4, 0.5) is 0 Å². The number of hydrogen-bond donors (Lipinski definition) is 0. The molecule has 0 aliphatic rings. The Morgan fingerprint density at radius 3 is 1.50 bits per heavy atom. The van der Waals surface area contributed by atoms with Gasteiger partial charge in [0.1, 0.15) is 5.60 Å². The topological polar surface area (TPSA) is 9.23 Å². The molecule has 93 valence electrons. The van der Waals surface area contributed by atoms with Crippen molar-refractivity contribution in [3.8, 4) is 0 Å². The average Bonchev–Trinajstić information content (AvgIpc) is 2.40. The van der Waals surface area contributed by atoms with Gasteiger partial charge in [0.05, 0.1) is 0 Å². The van der Waals surface area contributed by atoms with Crippen LogP contribution in [0.2, 0.25) is 13.1 Å². The van der Waals surface area contributed by atoms with Crippen LogP contribution < -0.4 is 0 Å². The molecule has 0 aliphatic heterocycles. The molecule has 0 aromatic heterocycles. The highest BCUT2D eigenvalue weighted by Gasteiger charge is 2.30. The molecule has 0 spiro atoms. The molecular formula is C16H19OSi. The molecular weight excluding hydrogens is 236 g/mol. The molecule has 0 heterocycles. The normalized spacial score (nSPS) is 11.8. The Hall–Kier alpha value is -1.38. The molecule has 18 heavy (non-hydrogen) atoms. The summed E-state index contributed by atoms with van der Waals surface area (Å²) in [6.07, 6.45) is 0. The van der Waals surface area contributed by atoms with Crippen molar-refractivity contribution in [3.05, 3.63) is 71.8 Å². The van der Waals surface area contributed by atoms with Gasteiger partial charge in [-0.05, 0) is 31.1 Å². The molecule has 0 saturated carbocycles. The second kappa shape index (κ2) is 5.51. The summed E-state index contributed by atoms with van der Waals surface area (Å²) >= 11 is 0. The Morgan fingerprint density at radius 1 is 0.778 bits per heavy atom. The molecule has 2 aromatic rings. The molecule has 0 saturated heterocycles. The summed E-state index contributed by atoms with van der Waals surface area (Å²) in [6, 6.07) is 20.9. The maximum absolute atomic E-state index is 6.31. The fourth-order valence-electron chi connectivity index (χ4n) is 2.21. The lowest BCUT2D eigenvalue weighted by Crippen LogP contribution is -2.32. The minimum absolute atomic E-state index is 0.347. The quantitative estimate of drug-likeness (QED) is 0.743. The second-order valence-electron chi connectivity index (χ2n) is 4.78. The molecule has 0 unspecified atom stereocenters. The third-order valence-corrected chi connectivity index (χ3v) is 3.87. The van der Waals surface area contributed by atoms with Gasteiger partial charge in [-0.25, -0.2) is 0 Å². The molecule has 0 fully saturated rings. The SMILES string of the molecule is C[Si](C)OC(C)(c1ccccc1)c1ccccc1. The van der Waals surface area contributed by atoms with E-state index in [2.05, 4.69) is 68.5 Å². The largest absolute Gasteiger partial charge is 0.404 e. The van der Waals surface area contributed by atoms with E-state index in [1.54, 1.807) is 0 Å². The van der Waals surface area contributed by atoms with Crippen molar-refractivity contribution in [1.82, 2.24) is 0 Å². The van der Waals surface area contributed by atoms with E-state index >= 15 is 0 Å². The van der Waals surface area contributed by atoms with Crippen molar-refractivity contribution < 1.29 is 4.43 Å². The van der Waals surface area contributed by atoms with Crippen molar-refractivity contribution in [3.63, 3.8) is 0 Å². The highest BCUT2D eigenvalue weighted by Crippen LogP contribution is 2.33. The van der Waals surface area contributed by atoms with Crippen LogP contribution in [-0.2, 0) is 10.0 Å². The van der Waals surface area contributed by atoms with Crippen molar-refractivity contribution in [2.24, 2.45) is 0 Å². The van der Waals surface area contributed by atoms with Gasteiger partial charge in [-0.2, -0.15) is 0 Å². The van der Waals surface area contributed by atoms with Crippen molar-refractivity contribution in [1.29, 1.82) is 0 Å².